The Bertz CT molecular complexity index is 547. The van der Waals surface area contributed by atoms with Crippen LogP contribution in [0.4, 0.5) is 0 Å². The molecule has 1 N–H and O–H groups in total. The molecule has 0 aromatic heterocycles. The van der Waals surface area contributed by atoms with Gasteiger partial charge in [-0.05, 0) is 56.4 Å². The molecule has 0 radical (unpaired) electrons. The molecule has 1 rings (SSSR count). The van der Waals surface area contributed by atoms with Gasteiger partial charge in [0.15, 0.2) is 0 Å². The number of methoxy groups -OCH3 is 1. The van der Waals surface area contributed by atoms with Gasteiger partial charge in [-0.3, -0.25) is 4.79 Å². The van der Waals surface area contributed by atoms with Crippen LogP contribution < -0.4 is 10.1 Å². The van der Waals surface area contributed by atoms with Gasteiger partial charge in [-0.1, -0.05) is 27.2 Å². The maximum Gasteiger partial charge on any atom is 2.00 e. The Morgan fingerprint density at radius 3 is 2.06 bits per heavy atom. The largest absolute Gasteiger partial charge is 2.00 e. The van der Waals surface area contributed by atoms with E-state index in [-0.39, 0.29) is 35.4 Å². The van der Waals surface area contributed by atoms with Gasteiger partial charge in [0.05, 0.1) is 12.7 Å². The van der Waals surface area contributed by atoms with Crippen LogP contribution >= 0.6 is 0 Å². The van der Waals surface area contributed by atoms with Crippen molar-refractivity contribution in [3.63, 3.8) is 0 Å². The van der Waals surface area contributed by atoms with E-state index in [9.17, 15) is 4.79 Å². The van der Waals surface area contributed by atoms with Gasteiger partial charge in [0.1, 0.15) is 5.75 Å². The minimum atomic E-state index is -0.116. The van der Waals surface area contributed by atoms with Crippen molar-refractivity contribution in [3.05, 3.63) is 43.7 Å². The summed E-state index contributed by atoms with van der Waals surface area (Å²) < 4.78 is 16.7. The zero-order valence-corrected chi connectivity index (χ0v) is 22.1. The van der Waals surface area contributed by atoms with Crippen LogP contribution in [-0.4, -0.2) is 45.0 Å². The number of amides is 1. The molecule has 1 aromatic carbocycles. The summed E-state index contributed by atoms with van der Waals surface area (Å²) in [6.07, 6.45) is 5.94. The molecule has 32 heavy (non-hydrogen) atoms. The molecule has 0 spiro atoms. The Labute approximate surface area is 208 Å². The monoisotopic (exact) mass is 487 g/mol. The molecule has 184 valence electrons. The van der Waals surface area contributed by atoms with Crippen LogP contribution in [-0.2, 0) is 26.8 Å². The quantitative estimate of drug-likeness (QED) is 0.248. The van der Waals surface area contributed by atoms with Crippen LogP contribution in [0.5, 0.6) is 5.75 Å². The van der Waals surface area contributed by atoms with Crippen molar-refractivity contribution in [1.29, 1.82) is 0 Å². The van der Waals surface area contributed by atoms with E-state index in [0.29, 0.717) is 24.5 Å². The average Bonchev–Trinajstić information content (AvgIpc) is 2.74. The van der Waals surface area contributed by atoms with Gasteiger partial charge in [0, 0.05) is 31.9 Å². The van der Waals surface area contributed by atoms with Crippen LogP contribution in [0, 0.1) is 19.8 Å². The Hall–Kier alpha value is -1.06. The first-order valence-corrected chi connectivity index (χ1v) is 11.6. The number of benzene rings is 1. The minimum absolute atomic E-state index is 0. The van der Waals surface area contributed by atoms with Crippen molar-refractivity contribution in [3.8, 4) is 5.75 Å². The predicted molar refractivity (Wildman–Crippen MR) is 129 cm³/mol. The van der Waals surface area contributed by atoms with Gasteiger partial charge in [0.25, 0.3) is 5.91 Å². The number of hydrogen-bond donors (Lipinski definition) is 1. The van der Waals surface area contributed by atoms with E-state index in [1.165, 1.54) is 0 Å². The number of nitrogens with one attached hydrogen (secondary N) is 1. The maximum absolute atomic E-state index is 12.3. The second kappa shape index (κ2) is 21.8. The van der Waals surface area contributed by atoms with E-state index >= 15 is 0 Å². The zero-order valence-electron chi connectivity index (χ0n) is 20.9. The third kappa shape index (κ3) is 16.6. The molecule has 2 atom stereocenters. The summed E-state index contributed by atoms with van der Waals surface area (Å²) in [6.45, 7) is 18.0. The summed E-state index contributed by atoms with van der Waals surface area (Å²) in [5.74, 6) is 1.27. The van der Waals surface area contributed by atoms with Gasteiger partial charge in [-0.25, -0.2) is 0 Å². The fourth-order valence-corrected chi connectivity index (χ4v) is 2.83. The summed E-state index contributed by atoms with van der Waals surface area (Å²) in [6, 6.07) is 7.16. The normalized spacial score (nSPS) is 12.2. The second-order valence-corrected chi connectivity index (χ2v) is 8.08. The van der Waals surface area contributed by atoms with Crippen LogP contribution in [0.25, 0.3) is 0 Å². The first-order valence-electron chi connectivity index (χ1n) is 11.6. The second-order valence-electron chi connectivity index (χ2n) is 8.08. The molecule has 0 aliphatic heterocycles. The van der Waals surface area contributed by atoms with E-state index in [0.717, 1.165) is 51.1 Å². The number of carbonyl (C=O) groups excluding carboxylic acids is 1. The number of ether oxygens (including phenoxy) is 3. The van der Waals surface area contributed by atoms with E-state index in [4.69, 9.17) is 14.2 Å². The van der Waals surface area contributed by atoms with Crippen LogP contribution in [0.15, 0.2) is 24.3 Å². The van der Waals surface area contributed by atoms with Crippen molar-refractivity contribution in [2.45, 2.75) is 78.4 Å². The Morgan fingerprint density at radius 2 is 1.56 bits per heavy atom. The first kappa shape index (κ1) is 33.1. The minimum Gasteiger partial charge on any atom is -0.494 e. The number of carbonyl (C=O) groups is 1. The number of hydrogen-bond acceptors (Lipinski definition) is 4. The molecule has 0 bridgehead atoms. The van der Waals surface area contributed by atoms with E-state index < -0.39 is 0 Å². The summed E-state index contributed by atoms with van der Waals surface area (Å²) in [5.41, 5.74) is 0.611. The Balaban J connectivity index is 0. The van der Waals surface area contributed by atoms with Crippen molar-refractivity contribution in [2.75, 3.05) is 26.9 Å². The Morgan fingerprint density at radius 1 is 1.00 bits per heavy atom. The van der Waals surface area contributed by atoms with Crippen LogP contribution in [0.3, 0.4) is 0 Å². The smallest absolute Gasteiger partial charge is 0.494 e. The molecule has 0 saturated heterocycles. The molecule has 1 aromatic rings. The number of rotatable bonds is 15. The topological polar surface area (TPSA) is 56.8 Å². The van der Waals surface area contributed by atoms with Crippen molar-refractivity contribution in [1.82, 2.24) is 5.32 Å². The molecule has 0 heterocycles. The molecule has 2 unspecified atom stereocenters. The third-order valence-corrected chi connectivity index (χ3v) is 4.52. The van der Waals surface area contributed by atoms with Gasteiger partial charge >= 0.3 is 17.4 Å². The first-order chi connectivity index (χ1) is 14.9. The van der Waals surface area contributed by atoms with Gasteiger partial charge in [-0.15, -0.1) is 0 Å². The van der Waals surface area contributed by atoms with E-state index in [1.54, 1.807) is 19.2 Å². The third-order valence-electron chi connectivity index (χ3n) is 4.52. The van der Waals surface area contributed by atoms with Crippen molar-refractivity contribution >= 4 is 5.91 Å². The summed E-state index contributed by atoms with van der Waals surface area (Å²) in [7, 11) is 1.63. The molecule has 5 nitrogen and oxygen atoms in total. The summed E-state index contributed by atoms with van der Waals surface area (Å²) >= 11 is 0. The molecular weight excluding hydrogens is 442 g/mol. The summed E-state index contributed by atoms with van der Waals surface area (Å²) in [5, 5.41) is 2.95. The van der Waals surface area contributed by atoms with Gasteiger partial charge < -0.3 is 33.4 Å². The molecule has 6 heteroatoms. The van der Waals surface area contributed by atoms with E-state index in [1.807, 2.05) is 26.0 Å². The average molecular weight is 488 g/mol. The van der Waals surface area contributed by atoms with Crippen molar-refractivity contribution < 1.29 is 36.4 Å². The molecule has 0 saturated carbocycles. The molecular formula is C26H45CrNO4. The zero-order chi connectivity index (χ0) is 23.5. The maximum atomic E-state index is 12.3. The van der Waals surface area contributed by atoms with Gasteiger partial charge in [0.2, 0.25) is 0 Å². The predicted octanol–water partition coefficient (Wildman–Crippen LogP) is 5.88. The van der Waals surface area contributed by atoms with E-state index in [2.05, 4.69) is 33.0 Å². The van der Waals surface area contributed by atoms with Crippen LogP contribution in [0.2, 0.25) is 0 Å². The van der Waals surface area contributed by atoms with Crippen molar-refractivity contribution in [2.24, 2.45) is 5.92 Å². The fraction of sp³-hybridized carbons (Fsp3) is 0.654. The molecule has 0 fully saturated rings. The standard InChI is InChI=1S/C23H38NO4.C3H7.Cr/c1-6-22(26-5)19(4)24-23(25)20-11-13-21(14-12-20)28-16-10-8-7-9-15-27-17-18(2)3;1-3-2;/h11-14,18-19,22H,1,6-10,15-17H2,2-5H3,(H,24,25);1,3H2,2H3;/q2*-1;+2. The molecule has 0 aliphatic carbocycles. The summed E-state index contributed by atoms with van der Waals surface area (Å²) in [4.78, 5) is 12.3. The van der Waals surface area contributed by atoms with Gasteiger partial charge in [-0.2, -0.15) is 12.8 Å². The Kier molecular flexibility index (Phi) is 22.5. The molecule has 1 amide bonds. The molecule has 0 aliphatic rings. The SMILES string of the molecule is [CH2-]CC.[CH2-]CC(OC)C(C)NC(=O)c1ccc(OCCCCCCOCC(C)C)cc1.[Cr+2]. The fourth-order valence-electron chi connectivity index (χ4n) is 2.83. The number of unbranched alkanes of at least 4 members (excludes halogenated alkanes) is 3. The van der Waals surface area contributed by atoms with Crippen LogP contribution in [0.1, 0.15) is 76.6 Å².